The summed E-state index contributed by atoms with van der Waals surface area (Å²) < 4.78 is 10.6. The van der Waals surface area contributed by atoms with E-state index >= 15 is 0 Å². The van der Waals surface area contributed by atoms with Gasteiger partial charge in [-0.2, -0.15) is 0 Å². The Bertz CT molecular complexity index is 918. The molecule has 1 aliphatic heterocycles. The summed E-state index contributed by atoms with van der Waals surface area (Å²) in [5.74, 6) is 0.956. The third kappa shape index (κ3) is 4.74. The Balaban J connectivity index is 1.64. The highest BCUT2D eigenvalue weighted by Crippen LogP contribution is 2.42. The summed E-state index contributed by atoms with van der Waals surface area (Å²) in [7, 11) is 3.24. The number of ether oxygens (including phenoxy) is 2. The van der Waals surface area contributed by atoms with Crippen molar-refractivity contribution in [2.24, 2.45) is 5.92 Å². The van der Waals surface area contributed by atoms with Crippen LogP contribution >= 0.6 is 0 Å². The predicted octanol–water partition coefficient (Wildman–Crippen LogP) is 4.64. The lowest BCUT2D eigenvalue weighted by Gasteiger charge is -2.29. The topological polar surface area (TPSA) is 67.9 Å². The van der Waals surface area contributed by atoms with E-state index in [1.165, 1.54) is 12.8 Å². The fraction of sp³-hybridized carbons (Fsp3) is 0.462. The first-order chi connectivity index (χ1) is 15.6. The molecule has 1 heterocycles. The van der Waals surface area contributed by atoms with Crippen LogP contribution in [0.3, 0.4) is 0 Å². The number of methoxy groups -OCH3 is 2. The summed E-state index contributed by atoms with van der Waals surface area (Å²) in [5, 5.41) is 3.27. The van der Waals surface area contributed by atoms with Crippen molar-refractivity contribution in [1.29, 1.82) is 0 Å². The quantitative estimate of drug-likeness (QED) is 0.670. The van der Waals surface area contributed by atoms with Crippen LogP contribution in [0.5, 0.6) is 11.5 Å². The Hall–Kier alpha value is -3.02. The van der Waals surface area contributed by atoms with E-state index in [2.05, 4.69) is 5.32 Å². The second kappa shape index (κ2) is 10.1. The zero-order valence-electron chi connectivity index (χ0n) is 18.9. The molecular formula is C26H32N2O4. The van der Waals surface area contributed by atoms with Gasteiger partial charge < -0.3 is 19.7 Å². The monoisotopic (exact) mass is 436 g/mol. The van der Waals surface area contributed by atoms with Crippen LogP contribution in [0.15, 0.2) is 48.5 Å². The number of hydrogen-bond acceptors (Lipinski definition) is 4. The summed E-state index contributed by atoms with van der Waals surface area (Å²) in [6.45, 7) is 0. The van der Waals surface area contributed by atoms with Gasteiger partial charge in [0.25, 0.3) is 0 Å². The van der Waals surface area contributed by atoms with Gasteiger partial charge in [-0.15, -0.1) is 0 Å². The maximum Gasteiger partial charge on any atom is 0.228 e. The molecule has 0 unspecified atom stereocenters. The molecule has 32 heavy (non-hydrogen) atoms. The Kier molecular flexibility index (Phi) is 6.98. The second-order valence-corrected chi connectivity index (χ2v) is 8.69. The molecule has 2 amide bonds. The molecule has 1 saturated carbocycles. The molecule has 0 bridgehead atoms. The number of anilines is 1. The molecule has 0 aromatic heterocycles. The minimum Gasteiger partial charge on any atom is -0.497 e. The first-order valence-corrected chi connectivity index (χ1v) is 11.5. The number of carbonyl (C=O) groups excluding carboxylic acids is 2. The number of amides is 2. The van der Waals surface area contributed by atoms with Crippen LogP contribution in [-0.2, 0) is 9.59 Å². The van der Waals surface area contributed by atoms with Crippen LogP contribution in [0.2, 0.25) is 0 Å². The van der Waals surface area contributed by atoms with Gasteiger partial charge in [-0.25, -0.2) is 0 Å². The van der Waals surface area contributed by atoms with Crippen molar-refractivity contribution in [2.45, 2.75) is 57.0 Å². The molecule has 1 N–H and O–H groups in total. The van der Waals surface area contributed by atoms with Crippen molar-refractivity contribution >= 4 is 17.5 Å². The van der Waals surface area contributed by atoms with Crippen molar-refractivity contribution in [1.82, 2.24) is 5.32 Å². The Morgan fingerprint density at radius 2 is 1.44 bits per heavy atom. The minimum atomic E-state index is -0.443. The maximum absolute atomic E-state index is 13.4. The van der Waals surface area contributed by atoms with Gasteiger partial charge in [-0.1, -0.05) is 37.8 Å². The highest BCUT2D eigenvalue weighted by Gasteiger charge is 2.45. The number of hydrogen-bond donors (Lipinski definition) is 1. The lowest BCUT2D eigenvalue weighted by molar-refractivity contribution is -0.127. The number of rotatable bonds is 6. The van der Waals surface area contributed by atoms with Crippen molar-refractivity contribution in [3.05, 3.63) is 54.1 Å². The number of carbonyl (C=O) groups is 2. The van der Waals surface area contributed by atoms with E-state index in [0.29, 0.717) is 0 Å². The molecule has 0 radical (unpaired) electrons. The summed E-state index contributed by atoms with van der Waals surface area (Å²) >= 11 is 0. The standard InChI is InChI=1S/C26H32N2O4/c1-31-21-13-9-18(10-14-21)25-23(26(30)27-19-7-5-3-4-6-8-19)17-24(29)28(25)20-11-15-22(32-2)16-12-20/h9-16,19,23,25H,3-8,17H2,1-2H3,(H,27,30)/t23-,25+/m0/s1. The molecule has 2 aromatic rings. The number of benzene rings is 2. The van der Waals surface area contributed by atoms with Crippen LogP contribution in [0.4, 0.5) is 5.69 Å². The van der Waals surface area contributed by atoms with Gasteiger partial charge in [0, 0.05) is 18.2 Å². The van der Waals surface area contributed by atoms with E-state index in [9.17, 15) is 9.59 Å². The predicted molar refractivity (Wildman–Crippen MR) is 124 cm³/mol. The molecule has 2 aromatic carbocycles. The fourth-order valence-corrected chi connectivity index (χ4v) is 4.93. The average Bonchev–Trinajstić information content (AvgIpc) is 2.98. The lowest BCUT2D eigenvalue weighted by Crippen LogP contribution is -2.41. The van der Waals surface area contributed by atoms with Gasteiger partial charge >= 0.3 is 0 Å². The Morgan fingerprint density at radius 1 is 0.875 bits per heavy atom. The van der Waals surface area contributed by atoms with Crippen LogP contribution in [0.25, 0.3) is 0 Å². The van der Waals surface area contributed by atoms with Crippen LogP contribution < -0.4 is 19.7 Å². The van der Waals surface area contributed by atoms with E-state index in [1.54, 1.807) is 19.1 Å². The maximum atomic E-state index is 13.4. The number of nitrogens with zero attached hydrogens (tertiary/aromatic N) is 1. The summed E-state index contributed by atoms with van der Waals surface area (Å²) in [5.41, 5.74) is 1.69. The van der Waals surface area contributed by atoms with Crippen LogP contribution in [0, 0.1) is 5.92 Å². The molecule has 1 saturated heterocycles. The molecule has 4 rings (SSSR count). The zero-order valence-corrected chi connectivity index (χ0v) is 18.9. The number of nitrogens with one attached hydrogen (secondary N) is 1. The van der Waals surface area contributed by atoms with Gasteiger partial charge in [0.05, 0.1) is 26.2 Å². The van der Waals surface area contributed by atoms with E-state index in [1.807, 2.05) is 48.5 Å². The van der Waals surface area contributed by atoms with Gasteiger partial charge in [0.15, 0.2) is 0 Å². The minimum absolute atomic E-state index is 0.0259. The fourth-order valence-electron chi connectivity index (χ4n) is 4.93. The van der Waals surface area contributed by atoms with E-state index < -0.39 is 5.92 Å². The Morgan fingerprint density at radius 3 is 2.00 bits per heavy atom. The largest absolute Gasteiger partial charge is 0.497 e. The Labute approximate surface area is 189 Å². The molecule has 2 atom stereocenters. The smallest absolute Gasteiger partial charge is 0.228 e. The molecular weight excluding hydrogens is 404 g/mol. The van der Waals surface area contributed by atoms with Gasteiger partial charge in [0.2, 0.25) is 11.8 Å². The SMILES string of the molecule is COc1ccc([C@@H]2[C@@H](C(=O)NC3CCCCCC3)CC(=O)N2c2ccc(OC)cc2)cc1. The van der Waals surface area contributed by atoms with E-state index in [4.69, 9.17) is 9.47 Å². The van der Waals surface area contributed by atoms with Gasteiger partial charge in [0.1, 0.15) is 11.5 Å². The highest BCUT2D eigenvalue weighted by molar-refractivity contribution is 6.01. The van der Waals surface area contributed by atoms with Crippen LogP contribution in [0.1, 0.15) is 56.6 Å². The van der Waals surface area contributed by atoms with Gasteiger partial charge in [-0.05, 0) is 54.8 Å². The van der Waals surface area contributed by atoms with Crippen molar-refractivity contribution < 1.29 is 19.1 Å². The van der Waals surface area contributed by atoms with E-state index in [-0.39, 0.29) is 30.3 Å². The lowest BCUT2D eigenvalue weighted by atomic mass is 9.92. The van der Waals surface area contributed by atoms with Crippen molar-refractivity contribution in [3.63, 3.8) is 0 Å². The normalized spacial score (nSPS) is 21.8. The summed E-state index contributed by atoms with van der Waals surface area (Å²) in [6.07, 6.45) is 6.98. The molecule has 6 nitrogen and oxygen atoms in total. The third-order valence-electron chi connectivity index (χ3n) is 6.67. The first-order valence-electron chi connectivity index (χ1n) is 11.5. The van der Waals surface area contributed by atoms with E-state index in [0.717, 1.165) is 48.4 Å². The summed E-state index contributed by atoms with van der Waals surface area (Å²) in [6, 6.07) is 14.9. The first kappa shape index (κ1) is 22.2. The molecule has 2 aliphatic rings. The van der Waals surface area contributed by atoms with Crippen LogP contribution in [-0.4, -0.2) is 32.1 Å². The van der Waals surface area contributed by atoms with Gasteiger partial charge in [-0.3, -0.25) is 9.59 Å². The molecule has 2 fully saturated rings. The highest BCUT2D eigenvalue weighted by atomic mass is 16.5. The third-order valence-corrected chi connectivity index (χ3v) is 6.67. The second-order valence-electron chi connectivity index (χ2n) is 8.69. The summed E-state index contributed by atoms with van der Waals surface area (Å²) in [4.78, 5) is 28.4. The zero-order chi connectivity index (χ0) is 22.5. The molecule has 6 heteroatoms. The van der Waals surface area contributed by atoms with Crippen molar-refractivity contribution in [2.75, 3.05) is 19.1 Å². The average molecular weight is 437 g/mol. The van der Waals surface area contributed by atoms with Crippen molar-refractivity contribution in [3.8, 4) is 11.5 Å². The molecule has 170 valence electrons. The molecule has 1 aliphatic carbocycles. The molecule has 0 spiro atoms.